The molecule has 1 heterocycles. The maximum atomic E-state index is 9.90. The van der Waals surface area contributed by atoms with E-state index in [1.54, 1.807) is 6.07 Å². The predicted molar refractivity (Wildman–Crippen MR) is 109 cm³/mol. The van der Waals surface area contributed by atoms with Gasteiger partial charge in [-0.15, -0.1) is 0 Å². The molecule has 0 amide bonds. The molecule has 2 aliphatic rings. The summed E-state index contributed by atoms with van der Waals surface area (Å²) in [5.41, 5.74) is 4.53. The third-order valence-electron chi connectivity index (χ3n) is 5.99. The maximum Gasteiger partial charge on any atom is 0.135 e. The van der Waals surface area contributed by atoms with Gasteiger partial charge in [0.15, 0.2) is 0 Å². The van der Waals surface area contributed by atoms with E-state index in [-0.39, 0.29) is 5.41 Å². The van der Waals surface area contributed by atoms with Crippen molar-refractivity contribution < 1.29 is 0 Å². The maximum absolute atomic E-state index is 9.90. The molecule has 138 valence electrons. The van der Waals surface area contributed by atoms with E-state index >= 15 is 0 Å². The Morgan fingerprint density at radius 1 is 1.30 bits per heavy atom. The van der Waals surface area contributed by atoms with Gasteiger partial charge in [0.25, 0.3) is 0 Å². The Morgan fingerprint density at radius 2 is 2.07 bits per heavy atom. The standard InChI is InChI=1S/C22H23ClN4/c1-3-15(2)8-16-4-5-17(22(13-24)11-21(12-22)6-7-21)9-18(16)27-20-10-19(23)25-14-26-20/h4-5,8-10,14H,3,6-7,11-12H2,1-2H3,(H,25,26,27)/b15-8+. The Labute approximate surface area is 165 Å². The number of nitrogens with zero attached hydrogens (tertiary/aromatic N) is 3. The van der Waals surface area contributed by atoms with Gasteiger partial charge in [-0.05, 0) is 61.6 Å². The third-order valence-corrected chi connectivity index (χ3v) is 6.19. The molecular weight excluding hydrogens is 356 g/mol. The van der Waals surface area contributed by atoms with Gasteiger partial charge in [-0.1, -0.05) is 42.3 Å². The summed E-state index contributed by atoms with van der Waals surface area (Å²) in [5.74, 6) is 0.647. The Kier molecular flexibility index (Phi) is 4.44. The van der Waals surface area contributed by atoms with Gasteiger partial charge in [-0.2, -0.15) is 5.26 Å². The monoisotopic (exact) mass is 378 g/mol. The van der Waals surface area contributed by atoms with Crippen LogP contribution in [-0.2, 0) is 5.41 Å². The summed E-state index contributed by atoms with van der Waals surface area (Å²) >= 11 is 6.01. The number of nitriles is 1. The molecule has 0 aliphatic heterocycles. The Balaban J connectivity index is 1.72. The van der Waals surface area contributed by atoms with Crippen LogP contribution in [0.3, 0.4) is 0 Å². The van der Waals surface area contributed by atoms with E-state index in [2.05, 4.69) is 59.5 Å². The van der Waals surface area contributed by atoms with Crippen LogP contribution in [0, 0.1) is 16.7 Å². The van der Waals surface area contributed by atoms with Crippen molar-refractivity contribution in [3.8, 4) is 6.07 Å². The van der Waals surface area contributed by atoms with Crippen LogP contribution in [0.25, 0.3) is 6.08 Å². The zero-order valence-corrected chi connectivity index (χ0v) is 16.5. The summed E-state index contributed by atoms with van der Waals surface area (Å²) in [5, 5.41) is 13.7. The first kappa shape index (κ1) is 18.0. The summed E-state index contributed by atoms with van der Waals surface area (Å²) < 4.78 is 0. The van der Waals surface area contributed by atoms with Gasteiger partial charge in [0.2, 0.25) is 0 Å². The fourth-order valence-corrected chi connectivity index (χ4v) is 4.25. The lowest BCUT2D eigenvalue weighted by Gasteiger charge is -2.44. The van der Waals surface area contributed by atoms with E-state index in [1.807, 2.05) is 0 Å². The minimum absolute atomic E-state index is 0.349. The minimum Gasteiger partial charge on any atom is -0.340 e. The van der Waals surface area contributed by atoms with Gasteiger partial charge < -0.3 is 5.32 Å². The van der Waals surface area contributed by atoms with Crippen LogP contribution < -0.4 is 5.32 Å². The molecule has 0 unspecified atom stereocenters. The highest BCUT2D eigenvalue weighted by molar-refractivity contribution is 6.29. The third kappa shape index (κ3) is 3.44. The van der Waals surface area contributed by atoms with Gasteiger partial charge in [-0.3, -0.25) is 0 Å². The van der Waals surface area contributed by atoms with E-state index in [4.69, 9.17) is 11.6 Å². The van der Waals surface area contributed by atoms with Crippen LogP contribution in [0.4, 0.5) is 11.5 Å². The zero-order valence-electron chi connectivity index (χ0n) is 15.7. The van der Waals surface area contributed by atoms with E-state index in [1.165, 1.54) is 24.7 Å². The normalized spacial score (nSPS) is 19.3. The molecule has 0 saturated heterocycles. The van der Waals surface area contributed by atoms with Crippen molar-refractivity contribution >= 4 is 29.2 Å². The molecule has 1 aromatic heterocycles. The topological polar surface area (TPSA) is 61.6 Å². The van der Waals surface area contributed by atoms with Gasteiger partial charge in [-0.25, -0.2) is 9.97 Å². The average molecular weight is 379 g/mol. The lowest BCUT2D eigenvalue weighted by atomic mass is 9.57. The fourth-order valence-electron chi connectivity index (χ4n) is 4.10. The summed E-state index contributed by atoms with van der Waals surface area (Å²) in [7, 11) is 0. The summed E-state index contributed by atoms with van der Waals surface area (Å²) in [4.78, 5) is 8.20. The zero-order chi connectivity index (χ0) is 19.1. The first-order chi connectivity index (χ1) is 13.0. The number of rotatable bonds is 5. The molecule has 0 bridgehead atoms. The second kappa shape index (κ2) is 6.65. The van der Waals surface area contributed by atoms with Crippen molar-refractivity contribution in [3.05, 3.63) is 52.4 Å². The van der Waals surface area contributed by atoms with Gasteiger partial charge >= 0.3 is 0 Å². The molecule has 0 atom stereocenters. The van der Waals surface area contributed by atoms with E-state index in [0.717, 1.165) is 36.1 Å². The van der Waals surface area contributed by atoms with Crippen molar-refractivity contribution in [3.63, 3.8) is 0 Å². The number of aromatic nitrogens is 2. The molecule has 2 aromatic rings. The van der Waals surface area contributed by atoms with Gasteiger partial charge in [0.1, 0.15) is 17.3 Å². The molecular formula is C22H23ClN4. The van der Waals surface area contributed by atoms with Crippen molar-refractivity contribution in [1.29, 1.82) is 5.26 Å². The highest BCUT2D eigenvalue weighted by Crippen LogP contribution is 2.68. The highest BCUT2D eigenvalue weighted by Gasteiger charge is 2.61. The van der Waals surface area contributed by atoms with E-state index in [9.17, 15) is 5.26 Å². The Hall–Kier alpha value is -2.38. The average Bonchev–Trinajstić information content (AvgIpc) is 3.42. The predicted octanol–water partition coefficient (Wildman–Crippen LogP) is 6.02. The van der Waals surface area contributed by atoms with Crippen LogP contribution >= 0.6 is 11.6 Å². The lowest BCUT2D eigenvalue weighted by molar-refractivity contribution is 0.173. The van der Waals surface area contributed by atoms with Crippen LogP contribution in [0.15, 0.2) is 36.2 Å². The van der Waals surface area contributed by atoms with Gasteiger partial charge in [0.05, 0.1) is 11.5 Å². The fraction of sp³-hybridized carbons (Fsp3) is 0.409. The van der Waals surface area contributed by atoms with Crippen molar-refractivity contribution in [2.24, 2.45) is 5.41 Å². The van der Waals surface area contributed by atoms with Crippen molar-refractivity contribution in [1.82, 2.24) is 9.97 Å². The summed E-state index contributed by atoms with van der Waals surface area (Å²) in [6.07, 6.45) is 9.13. The minimum atomic E-state index is -0.349. The van der Waals surface area contributed by atoms with Crippen LogP contribution in [0.1, 0.15) is 57.1 Å². The molecule has 4 nitrogen and oxygen atoms in total. The molecule has 1 spiro atoms. The number of benzene rings is 1. The first-order valence-corrected chi connectivity index (χ1v) is 9.83. The number of anilines is 2. The van der Waals surface area contributed by atoms with Crippen molar-refractivity contribution in [2.45, 2.75) is 51.4 Å². The van der Waals surface area contributed by atoms with E-state index < -0.39 is 0 Å². The number of allylic oxidation sites excluding steroid dienone is 1. The molecule has 2 fully saturated rings. The summed E-state index contributed by atoms with van der Waals surface area (Å²) in [6, 6.07) is 10.7. The molecule has 0 radical (unpaired) electrons. The smallest absolute Gasteiger partial charge is 0.135 e. The van der Waals surface area contributed by atoms with E-state index in [0.29, 0.717) is 16.4 Å². The van der Waals surface area contributed by atoms with Crippen molar-refractivity contribution in [2.75, 3.05) is 5.32 Å². The largest absolute Gasteiger partial charge is 0.340 e. The number of hydrogen-bond acceptors (Lipinski definition) is 4. The molecule has 5 heteroatoms. The molecule has 1 N–H and O–H groups in total. The van der Waals surface area contributed by atoms with Gasteiger partial charge in [0, 0.05) is 11.8 Å². The number of nitrogens with one attached hydrogen (secondary N) is 1. The number of halogens is 1. The Bertz CT molecular complexity index is 945. The van der Waals surface area contributed by atoms with Crippen LogP contribution in [0.5, 0.6) is 0 Å². The second-order valence-electron chi connectivity index (χ2n) is 8.04. The molecule has 2 saturated carbocycles. The molecule has 2 aliphatic carbocycles. The SMILES string of the molecule is CC/C(C)=C/c1ccc(C2(C#N)CC3(CC3)C2)cc1Nc1cc(Cl)ncn1. The lowest BCUT2D eigenvalue weighted by Crippen LogP contribution is -2.41. The summed E-state index contributed by atoms with van der Waals surface area (Å²) in [6.45, 7) is 4.27. The molecule has 27 heavy (non-hydrogen) atoms. The Morgan fingerprint density at radius 3 is 2.70 bits per heavy atom. The molecule has 4 rings (SSSR count). The van der Waals surface area contributed by atoms with Crippen LogP contribution in [0.2, 0.25) is 5.15 Å². The second-order valence-corrected chi connectivity index (χ2v) is 8.43. The number of hydrogen-bond donors (Lipinski definition) is 1. The van der Waals surface area contributed by atoms with Crippen LogP contribution in [-0.4, -0.2) is 9.97 Å². The first-order valence-electron chi connectivity index (χ1n) is 9.45. The highest BCUT2D eigenvalue weighted by atomic mass is 35.5. The quantitative estimate of drug-likeness (QED) is 0.646. The molecule has 1 aromatic carbocycles.